The Morgan fingerprint density at radius 3 is 2.69 bits per heavy atom. The number of hydrogen-bond donors (Lipinski definition) is 0. The van der Waals surface area contributed by atoms with Crippen LogP contribution in [-0.4, -0.2) is 53.8 Å². The lowest BCUT2D eigenvalue weighted by Crippen LogP contribution is -2.49. The van der Waals surface area contributed by atoms with E-state index in [0.717, 1.165) is 29.7 Å². The Hall–Kier alpha value is -2.77. The molecular weight excluding hydrogens is 424 g/mol. The number of allylic oxidation sites excluding steroid dienone is 1. The third-order valence-electron chi connectivity index (χ3n) is 7.29. The SMILES string of the molecule is CC1=C[C@@H]2[C@H]3C(=O)N(C[C@@H]4CCCO4)C(=O)[C@@H]3[C@H](C(=O)c3cccs3)N2c2ccccc21. The van der Waals surface area contributed by atoms with Gasteiger partial charge >= 0.3 is 0 Å². The summed E-state index contributed by atoms with van der Waals surface area (Å²) < 4.78 is 5.70. The number of hydrogen-bond acceptors (Lipinski definition) is 6. The molecule has 0 bridgehead atoms. The number of thiophene rings is 1. The molecule has 4 aliphatic heterocycles. The Morgan fingerprint density at radius 1 is 1.12 bits per heavy atom. The van der Waals surface area contributed by atoms with Crippen LogP contribution in [0.1, 0.15) is 35.0 Å². The summed E-state index contributed by atoms with van der Waals surface area (Å²) in [6, 6.07) is 10.6. The molecule has 2 aromatic rings. The van der Waals surface area contributed by atoms with Gasteiger partial charge in [-0.3, -0.25) is 19.3 Å². The van der Waals surface area contributed by atoms with Gasteiger partial charge in [0.15, 0.2) is 5.78 Å². The van der Waals surface area contributed by atoms with Gasteiger partial charge in [0.05, 0.1) is 35.4 Å². The van der Waals surface area contributed by atoms with Crippen molar-refractivity contribution in [2.75, 3.05) is 18.1 Å². The van der Waals surface area contributed by atoms with Gasteiger partial charge in [0, 0.05) is 17.9 Å². The summed E-state index contributed by atoms with van der Waals surface area (Å²) in [6.45, 7) is 2.99. The van der Waals surface area contributed by atoms with E-state index in [-0.39, 0.29) is 36.3 Å². The normalized spacial score (nSPS) is 30.9. The highest BCUT2D eigenvalue weighted by molar-refractivity contribution is 7.12. The molecule has 4 aliphatic rings. The van der Waals surface area contributed by atoms with Crippen molar-refractivity contribution >= 4 is 40.2 Å². The van der Waals surface area contributed by atoms with Gasteiger partial charge in [-0.1, -0.05) is 30.3 Å². The van der Waals surface area contributed by atoms with Crippen molar-refractivity contribution in [2.45, 2.75) is 38.0 Å². The molecule has 7 heteroatoms. The van der Waals surface area contributed by atoms with E-state index in [1.807, 2.05) is 47.5 Å². The summed E-state index contributed by atoms with van der Waals surface area (Å²) in [6.07, 6.45) is 3.77. The molecule has 2 amide bonds. The number of carbonyl (C=O) groups is 3. The molecule has 5 heterocycles. The summed E-state index contributed by atoms with van der Waals surface area (Å²) in [4.78, 5) is 45.0. The maximum Gasteiger partial charge on any atom is 0.235 e. The topological polar surface area (TPSA) is 66.9 Å². The predicted octanol–water partition coefficient (Wildman–Crippen LogP) is 3.39. The van der Waals surface area contributed by atoms with E-state index in [2.05, 4.69) is 6.08 Å². The van der Waals surface area contributed by atoms with Crippen LogP contribution in [0.2, 0.25) is 0 Å². The van der Waals surface area contributed by atoms with Gasteiger partial charge in [0.25, 0.3) is 0 Å². The van der Waals surface area contributed by atoms with Gasteiger partial charge in [-0.2, -0.15) is 0 Å². The number of fused-ring (bicyclic) bond motifs is 5. The van der Waals surface area contributed by atoms with Gasteiger partial charge in [-0.05, 0) is 42.9 Å². The van der Waals surface area contributed by atoms with Crippen LogP contribution in [0.15, 0.2) is 47.9 Å². The van der Waals surface area contributed by atoms with Gasteiger partial charge in [0.1, 0.15) is 6.04 Å². The minimum Gasteiger partial charge on any atom is -0.376 e. The standard InChI is InChI=1S/C25H24N2O4S/c1-14-12-18-20-21(25(30)26(24(20)29)13-15-6-4-10-31-15)22(23(28)19-9-5-11-32-19)27(18)17-8-3-2-7-16(14)17/h2-3,5,7-9,11-12,15,18,20-22H,4,6,10,13H2,1H3/t15-,18+,20+,21-,22+/m0/s1. The second-order valence-electron chi connectivity index (χ2n) is 9.02. The number of nitrogens with zero attached hydrogens (tertiary/aromatic N) is 2. The number of ketones is 1. The largest absolute Gasteiger partial charge is 0.376 e. The molecule has 3 saturated heterocycles. The molecule has 164 valence electrons. The van der Waals surface area contributed by atoms with Crippen LogP contribution < -0.4 is 4.90 Å². The summed E-state index contributed by atoms with van der Waals surface area (Å²) in [5.41, 5.74) is 3.04. The fraction of sp³-hybridized carbons (Fsp3) is 0.400. The maximum absolute atomic E-state index is 13.7. The molecule has 0 spiro atoms. The van der Waals surface area contributed by atoms with Gasteiger partial charge in [-0.15, -0.1) is 11.3 Å². The lowest BCUT2D eigenvalue weighted by Gasteiger charge is -2.38. The van der Waals surface area contributed by atoms with Crippen molar-refractivity contribution in [2.24, 2.45) is 11.8 Å². The molecule has 0 N–H and O–H groups in total. The first-order chi connectivity index (χ1) is 15.6. The Kier molecular flexibility index (Phi) is 4.59. The summed E-state index contributed by atoms with van der Waals surface area (Å²) in [5, 5.41) is 1.87. The number of benzene rings is 1. The Morgan fingerprint density at radius 2 is 1.94 bits per heavy atom. The highest BCUT2D eigenvalue weighted by Crippen LogP contribution is 2.50. The average Bonchev–Trinajstić information content (AvgIpc) is 3.58. The number of amides is 2. The van der Waals surface area contributed by atoms with Gasteiger partial charge < -0.3 is 9.64 Å². The second-order valence-corrected chi connectivity index (χ2v) is 9.97. The van der Waals surface area contributed by atoms with E-state index in [4.69, 9.17) is 4.74 Å². The Balaban J connectivity index is 1.45. The zero-order valence-electron chi connectivity index (χ0n) is 17.8. The Labute approximate surface area is 190 Å². The first kappa shape index (κ1) is 19.9. The van der Waals surface area contributed by atoms with Crippen molar-refractivity contribution in [3.63, 3.8) is 0 Å². The molecule has 6 nitrogen and oxygen atoms in total. The van der Waals surface area contributed by atoms with Gasteiger partial charge in [0.2, 0.25) is 11.8 Å². The number of imide groups is 1. The minimum absolute atomic E-state index is 0.0830. The van der Waals surface area contributed by atoms with E-state index < -0.39 is 17.9 Å². The number of anilines is 1. The first-order valence-corrected chi connectivity index (χ1v) is 12.0. The number of Topliss-reactive ketones (excluding diaryl/α,β-unsaturated/α-hetero) is 1. The number of rotatable bonds is 4. The van der Waals surface area contributed by atoms with E-state index in [9.17, 15) is 14.4 Å². The molecule has 0 unspecified atom stereocenters. The highest BCUT2D eigenvalue weighted by atomic mass is 32.1. The van der Waals surface area contributed by atoms with Crippen LogP contribution in [0.4, 0.5) is 5.69 Å². The molecule has 6 rings (SSSR count). The molecule has 3 fully saturated rings. The third kappa shape index (κ3) is 2.77. The Bertz CT molecular complexity index is 1130. The fourth-order valence-corrected chi connectivity index (χ4v) is 6.59. The van der Waals surface area contributed by atoms with Crippen molar-refractivity contribution in [1.29, 1.82) is 0 Å². The lowest BCUT2D eigenvalue weighted by atomic mass is 9.86. The van der Waals surface area contributed by atoms with E-state index >= 15 is 0 Å². The monoisotopic (exact) mass is 448 g/mol. The summed E-state index contributed by atoms with van der Waals surface area (Å²) in [7, 11) is 0. The van der Waals surface area contributed by atoms with E-state index in [1.165, 1.54) is 16.2 Å². The molecule has 0 aliphatic carbocycles. The molecule has 0 saturated carbocycles. The quantitative estimate of drug-likeness (QED) is 0.530. The maximum atomic E-state index is 13.7. The highest BCUT2D eigenvalue weighted by Gasteiger charge is 2.64. The van der Waals surface area contributed by atoms with Crippen molar-refractivity contribution in [1.82, 2.24) is 4.90 Å². The van der Waals surface area contributed by atoms with Crippen LogP contribution in [0, 0.1) is 11.8 Å². The average molecular weight is 449 g/mol. The minimum atomic E-state index is -0.694. The van der Waals surface area contributed by atoms with Crippen LogP contribution in [0.3, 0.4) is 0 Å². The number of ether oxygens (including phenoxy) is 1. The fourth-order valence-electron chi connectivity index (χ4n) is 5.90. The molecule has 1 aromatic carbocycles. The zero-order chi connectivity index (χ0) is 22.0. The first-order valence-electron chi connectivity index (χ1n) is 11.2. The molecular formula is C25H24N2O4S. The van der Waals surface area contributed by atoms with Crippen LogP contribution in [0.25, 0.3) is 5.57 Å². The molecule has 1 aromatic heterocycles. The third-order valence-corrected chi connectivity index (χ3v) is 8.17. The van der Waals surface area contributed by atoms with Crippen LogP contribution in [0.5, 0.6) is 0 Å². The van der Waals surface area contributed by atoms with Crippen molar-refractivity contribution in [3.05, 3.63) is 58.3 Å². The summed E-state index contributed by atoms with van der Waals surface area (Å²) >= 11 is 1.38. The van der Waals surface area contributed by atoms with Crippen LogP contribution >= 0.6 is 11.3 Å². The molecule has 5 atom stereocenters. The lowest BCUT2D eigenvalue weighted by molar-refractivity contribution is -0.142. The number of carbonyl (C=O) groups excluding carboxylic acids is 3. The smallest absolute Gasteiger partial charge is 0.235 e. The van der Waals surface area contributed by atoms with Gasteiger partial charge in [-0.25, -0.2) is 0 Å². The van der Waals surface area contributed by atoms with Crippen molar-refractivity contribution in [3.8, 4) is 0 Å². The summed E-state index contributed by atoms with van der Waals surface area (Å²) in [5.74, 6) is -1.72. The van der Waals surface area contributed by atoms with Crippen LogP contribution in [-0.2, 0) is 14.3 Å². The van der Waals surface area contributed by atoms with E-state index in [0.29, 0.717) is 11.5 Å². The second kappa shape index (κ2) is 7.39. The number of para-hydroxylation sites is 1. The molecule has 32 heavy (non-hydrogen) atoms. The molecule has 0 radical (unpaired) electrons. The zero-order valence-corrected chi connectivity index (χ0v) is 18.6. The van der Waals surface area contributed by atoms with Crippen molar-refractivity contribution < 1.29 is 19.1 Å². The van der Waals surface area contributed by atoms with E-state index in [1.54, 1.807) is 6.07 Å². The predicted molar refractivity (Wildman–Crippen MR) is 121 cm³/mol. The number of likely N-dealkylation sites (tertiary alicyclic amines) is 1.